The molecule has 2 aromatic heterocycles. The molecule has 0 bridgehead atoms. The molecule has 0 aliphatic heterocycles. The van der Waals surface area contributed by atoms with Gasteiger partial charge >= 0.3 is 0 Å². The molecule has 0 atom stereocenters. The van der Waals surface area contributed by atoms with Crippen molar-refractivity contribution in [3.05, 3.63) is 108 Å². The van der Waals surface area contributed by atoms with E-state index in [9.17, 15) is 4.79 Å². The van der Waals surface area contributed by atoms with E-state index in [4.69, 9.17) is 0 Å². The van der Waals surface area contributed by atoms with Gasteiger partial charge in [-0.1, -0.05) is 48.5 Å². The van der Waals surface area contributed by atoms with Crippen LogP contribution in [0, 0.1) is 0 Å². The molecule has 5 nitrogen and oxygen atoms in total. The van der Waals surface area contributed by atoms with E-state index in [0.29, 0.717) is 18.7 Å². The second-order valence-corrected chi connectivity index (χ2v) is 8.23. The lowest BCUT2D eigenvalue weighted by Crippen LogP contribution is -2.30. The summed E-state index contributed by atoms with van der Waals surface area (Å²) in [6, 6.07) is 24.3. The SMILES string of the molecule is O=C(c1ccc2ncsc2c1)N(Cc1cccc(-c2ccccc2)c1)Cc1cnc[nH]1. The van der Waals surface area contributed by atoms with Crippen LogP contribution < -0.4 is 0 Å². The van der Waals surface area contributed by atoms with E-state index in [2.05, 4.69) is 45.3 Å². The van der Waals surface area contributed by atoms with Crippen LogP contribution in [0.25, 0.3) is 21.3 Å². The number of carbonyl (C=O) groups is 1. The van der Waals surface area contributed by atoms with Gasteiger partial charge in [-0.25, -0.2) is 9.97 Å². The topological polar surface area (TPSA) is 61.9 Å². The molecular weight excluding hydrogens is 404 g/mol. The molecule has 0 aliphatic carbocycles. The summed E-state index contributed by atoms with van der Waals surface area (Å²) in [7, 11) is 0. The largest absolute Gasteiger partial charge is 0.347 e. The predicted molar refractivity (Wildman–Crippen MR) is 124 cm³/mol. The fourth-order valence-corrected chi connectivity index (χ4v) is 4.36. The highest BCUT2D eigenvalue weighted by molar-refractivity contribution is 7.16. The van der Waals surface area contributed by atoms with Crippen LogP contribution in [-0.4, -0.2) is 25.8 Å². The van der Waals surface area contributed by atoms with Crippen LogP contribution in [0.2, 0.25) is 0 Å². The van der Waals surface area contributed by atoms with Crippen LogP contribution in [-0.2, 0) is 13.1 Å². The number of H-pyrrole nitrogens is 1. The first kappa shape index (κ1) is 19.2. The minimum atomic E-state index is -0.0185. The van der Waals surface area contributed by atoms with Crippen LogP contribution in [0.1, 0.15) is 21.6 Å². The molecule has 6 heteroatoms. The Morgan fingerprint density at radius 1 is 0.935 bits per heavy atom. The Hall–Kier alpha value is -3.77. The maximum atomic E-state index is 13.5. The van der Waals surface area contributed by atoms with Gasteiger partial charge in [0.05, 0.1) is 34.3 Å². The molecule has 0 fully saturated rings. The summed E-state index contributed by atoms with van der Waals surface area (Å²) in [6.45, 7) is 0.953. The molecule has 31 heavy (non-hydrogen) atoms. The second kappa shape index (κ2) is 8.53. The highest BCUT2D eigenvalue weighted by atomic mass is 32.1. The fourth-order valence-electron chi connectivity index (χ4n) is 3.65. The van der Waals surface area contributed by atoms with Crippen molar-refractivity contribution in [3.63, 3.8) is 0 Å². The first-order valence-corrected chi connectivity index (χ1v) is 10.9. The van der Waals surface area contributed by atoms with Crippen molar-refractivity contribution in [1.29, 1.82) is 0 Å². The molecule has 5 aromatic rings. The van der Waals surface area contributed by atoms with Crippen molar-refractivity contribution in [2.24, 2.45) is 0 Å². The van der Waals surface area contributed by atoms with Crippen LogP contribution in [0.15, 0.2) is 90.8 Å². The molecule has 0 saturated carbocycles. The quantitative estimate of drug-likeness (QED) is 0.390. The van der Waals surface area contributed by atoms with Gasteiger partial charge in [-0.15, -0.1) is 11.3 Å². The molecule has 152 valence electrons. The number of nitrogens with zero attached hydrogens (tertiary/aromatic N) is 3. The van der Waals surface area contributed by atoms with Gasteiger partial charge in [0, 0.05) is 18.3 Å². The van der Waals surface area contributed by atoms with Crippen molar-refractivity contribution in [1.82, 2.24) is 19.9 Å². The molecule has 0 spiro atoms. The zero-order valence-electron chi connectivity index (χ0n) is 16.7. The van der Waals surface area contributed by atoms with Gasteiger partial charge in [0.15, 0.2) is 0 Å². The summed E-state index contributed by atoms with van der Waals surface area (Å²) >= 11 is 1.54. The summed E-state index contributed by atoms with van der Waals surface area (Å²) in [5, 5.41) is 0. The Labute approximate surface area is 184 Å². The first-order chi connectivity index (χ1) is 15.3. The third-order valence-electron chi connectivity index (χ3n) is 5.19. The molecule has 5 rings (SSSR count). The smallest absolute Gasteiger partial charge is 0.254 e. The van der Waals surface area contributed by atoms with Crippen molar-refractivity contribution in [3.8, 4) is 11.1 Å². The number of nitrogens with one attached hydrogen (secondary N) is 1. The Morgan fingerprint density at radius 2 is 1.81 bits per heavy atom. The van der Waals surface area contributed by atoms with E-state index in [1.54, 1.807) is 29.4 Å². The third kappa shape index (κ3) is 4.25. The molecule has 1 N–H and O–H groups in total. The van der Waals surface area contributed by atoms with Gasteiger partial charge in [0.1, 0.15) is 0 Å². The predicted octanol–water partition coefficient (Wildman–Crippen LogP) is 5.53. The lowest BCUT2D eigenvalue weighted by atomic mass is 10.0. The molecule has 1 amide bonds. The molecule has 3 aromatic carbocycles. The number of thiazole rings is 1. The number of fused-ring (bicyclic) bond motifs is 1. The van der Waals surface area contributed by atoms with Crippen LogP contribution >= 0.6 is 11.3 Å². The Balaban J connectivity index is 1.45. The van der Waals surface area contributed by atoms with Crippen LogP contribution in [0.4, 0.5) is 0 Å². The summed E-state index contributed by atoms with van der Waals surface area (Å²) in [6.07, 6.45) is 3.39. The number of hydrogen-bond donors (Lipinski definition) is 1. The minimum absolute atomic E-state index is 0.0185. The minimum Gasteiger partial charge on any atom is -0.347 e. The molecule has 0 unspecified atom stereocenters. The summed E-state index contributed by atoms with van der Waals surface area (Å²) in [5.41, 5.74) is 7.65. The first-order valence-electron chi connectivity index (χ1n) is 10.0. The van der Waals surface area contributed by atoms with Crippen molar-refractivity contribution < 1.29 is 4.79 Å². The Bertz CT molecular complexity index is 1310. The number of amides is 1. The van der Waals surface area contributed by atoms with E-state index in [0.717, 1.165) is 32.6 Å². The zero-order valence-corrected chi connectivity index (χ0v) is 17.5. The average Bonchev–Trinajstić information content (AvgIpc) is 3.50. The molecular formula is C25H20N4OS. The van der Waals surface area contributed by atoms with E-state index in [1.807, 2.05) is 47.4 Å². The van der Waals surface area contributed by atoms with Crippen molar-refractivity contribution in [2.75, 3.05) is 0 Å². The number of aromatic nitrogens is 3. The fraction of sp³-hybridized carbons (Fsp3) is 0.0800. The molecule has 0 saturated heterocycles. The van der Waals surface area contributed by atoms with Crippen LogP contribution in [0.5, 0.6) is 0 Å². The number of benzene rings is 3. The summed E-state index contributed by atoms with van der Waals surface area (Å²) in [4.78, 5) is 26.8. The normalized spacial score (nSPS) is 11.0. The maximum Gasteiger partial charge on any atom is 0.254 e. The van der Waals surface area contributed by atoms with Gasteiger partial charge in [-0.2, -0.15) is 0 Å². The average molecular weight is 425 g/mol. The zero-order chi connectivity index (χ0) is 21.0. The standard InChI is InChI=1S/C25H20N4OS/c30-25(21-9-10-23-24(12-21)31-17-28-23)29(15-22-13-26-16-27-22)14-18-5-4-8-20(11-18)19-6-2-1-3-7-19/h1-13,16-17H,14-15H2,(H,26,27). The third-order valence-corrected chi connectivity index (χ3v) is 5.98. The van der Waals surface area contributed by atoms with Gasteiger partial charge in [0.25, 0.3) is 5.91 Å². The monoisotopic (exact) mass is 424 g/mol. The lowest BCUT2D eigenvalue weighted by molar-refractivity contribution is 0.0728. The van der Waals surface area contributed by atoms with Gasteiger partial charge in [0.2, 0.25) is 0 Å². The highest BCUT2D eigenvalue weighted by Gasteiger charge is 2.18. The molecule has 0 aliphatic rings. The van der Waals surface area contributed by atoms with E-state index in [-0.39, 0.29) is 5.91 Å². The summed E-state index contributed by atoms with van der Waals surface area (Å²) in [5.74, 6) is -0.0185. The lowest BCUT2D eigenvalue weighted by Gasteiger charge is -2.23. The number of imidazole rings is 1. The van der Waals surface area contributed by atoms with E-state index in [1.165, 1.54) is 0 Å². The van der Waals surface area contributed by atoms with Crippen LogP contribution in [0.3, 0.4) is 0 Å². The maximum absolute atomic E-state index is 13.5. The molecule has 2 heterocycles. The Kier molecular flexibility index (Phi) is 5.29. The van der Waals surface area contributed by atoms with E-state index < -0.39 is 0 Å². The Morgan fingerprint density at radius 3 is 2.65 bits per heavy atom. The van der Waals surface area contributed by atoms with Gasteiger partial charge < -0.3 is 9.88 Å². The number of carbonyl (C=O) groups excluding carboxylic acids is 1. The highest BCUT2D eigenvalue weighted by Crippen LogP contribution is 2.23. The molecule has 0 radical (unpaired) electrons. The summed E-state index contributed by atoms with van der Waals surface area (Å²) < 4.78 is 1.01. The van der Waals surface area contributed by atoms with Gasteiger partial charge in [-0.3, -0.25) is 4.79 Å². The number of rotatable bonds is 6. The number of aromatic amines is 1. The van der Waals surface area contributed by atoms with Crippen molar-refractivity contribution >= 4 is 27.5 Å². The van der Waals surface area contributed by atoms with Gasteiger partial charge in [-0.05, 0) is 41.0 Å². The number of hydrogen-bond acceptors (Lipinski definition) is 4. The van der Waals surface area contributed by atoms with E-state index >= 15 is 0 Å². The second-order valence-electron chi connectivity index (χ2n) is 7.34. The van der Waals surface area contributed by atoms with Crippen molar-refractivity contribution in [2.45, 2.75) is 13.1 Å².